The summed E-state index contributed by atoms with van der Waals surface area (Å²) < 4.78 is 19.1. The average Bonchev–Trinajstić information content (AvgIpc) is 2.46. The molecule has 0 atom stereocenters. The van der Waals surface area contributed by atoms with Crippen LogP contribution in [0.5, 0.6) is 0 Å². The van der Waals surface area contributed by atoms with Crippen molar-refractivity contribution in [2.45, 2.75) is 13.8 Å². The molecule has 4 nitrogen and oxygen atoms in total. The Morgan fingerprint density at radius 1 is 1.13 bits per heavy atom. The highest BCUT2D eigenvalue weighted by atomic mass is 79.9. The standard InChI is InChI=1S/C17H15BrFNO3/c1-10-5-11(2)7-12(6-10)17(22)23-9-16(21)20-15-4-3-13(18)8-14(15)19/h3-8H,9H2,1-2H3,(H,20,21). The first-order valence-electron chi connectivity index (χ1n) is 6.85. The Morgan fingerprint density at radius 2 is 1.78 bits per heavy atom. The third kappa shape index (κ3) is 4.89. The molecule has 120 valence electrons. The number of nitrogens with one attached hydrogen (secondary N) is 1. The lowest BCUT2D eigenvalue weighted by Gasteiger charge is -2.08. The van der Waals surface area contributed by atoms with Gasteiger partial charge in [0.05, 0.1) is 11.3 Å². The minimum Gasteiger partial charge on any atom is -0.452 e. The molecule has 0 saturated carbocycles. The van der Waals surface area contributed by atoms with E-state index < -0.39 is 24.3 Å². The number of hydrogen-bond donors (Lipinski definition) is 1. The van der Waals surface area contributed by atoms with E-state index in [1.54, 1.807) is 18.2 Å². The second-order valence-corrected chi connectivity index (χ2v) is 6.04. The van der Waals surface area contributed by atoms with Gasteiger partial charge in [-0.25, -0.2) is 9.18 Å². The summed E-state index contributed by atoms with van der Waals surface area (Å²) in [4.78, 5) is 23.7. The lowest BCUT2D eigenvalue weighted by molar-refractivity contribution is -0.119. The first-order valence-corrected chi connectivity index (χ1v) is 7.65. The number of carbonyl (C=O) groups excluding carboxylic acids is 2. The molecule has 0 spiro atoms. The van der Waals surface area contributed by atoms with E-state index in [1.807, 2.05) is 19.9 Å². The van der Waals surface area contributed by atoms with Crippen molar-refractivity contribution in [2.75, 3.05) is 11.9 Å². The van der Waals surface area contributed by atoms with Crippen LogP contribution in [0.15, 0.2) is 40.9 Å². The molecule has 0 fully saturated rings. The highest BCUT2D eigenvalue weighted by Gasteiger charge is 2.12. The molecule has 0 aromatic heterocycles. The Bertz CT molecular complexity index is 741. The fourth-order valence-electron chi connectivity index (χ4n) is 2.08. The van der Waals surface area contributed by atoms with E-state index in [1.165, 1.54) is 12.1 Å². The molecule has 0 heterocycles. The minimum atomic E-state index is -0.607. The van der Waals surface area contributed by atoms with E-state index in [0.717, 1.165) is 11.1 Å². The summed E-state index contributed by atoms with van der Waals surface area (Å²) in [5.74, 6) is -1.78. The largest absolute Gasteiger partial charge is 0.452 e. The summed E-state index contributed by atoms with van der Waals surface area (Å²) in [6, 6.07) is 9.55. The molecule has 6 heteroatoms. The molecule has 0 aliphatic carbocycles. The van der Waals surface area contributed by atoms with Crippen LogP contribution in [0.3, 0.4) is 0 Å². The summed E-state index contributed by atoms with van der Waals surface area (Å²) in [5, 5.41) is 2.36. The van der Waals surface area contributed by atoms with Crippen LogP contribution in [0.4, 0.5) is 10.1 Å². The maximum absolute atomic E-state index is 13.6. The fourth-order valence-corrected chi connectivity index (χ4v) is 2.42. The van der Waals surface area contributed by atoms with E-state index in [0.29, 0.717) is 10.0 Å². The number of hydrogen-bond acceptors (Lipinski definition) is 3. The number of amides is 1. The quantitative estimate of drug-likeness (QED) is 0.816. The van der Waals surface area contributed by atoms with E-state index >= 15 is 0 Å². The Hall–Kier alpha value is -2.21. The van der Waals surface area contributed by atoms with Crippen molar-refractivity contribution in [3.63, 3.8) is 0 Å². The maximum atomic E-state index is 13.6. The summed E-state index contributed by atoms with van der Waals surface area (Å²) >= 11 is 3.13. The number of esters is 1. The molecule has 0 saturated heterocycles. The smallest absolute Gasteiger partial charge is 0.338 e. The second kappa shape index (κ2) is 7.37. The van der Waals surface area contributed by atoms with Crippen LogP contribution in [-0.4, -0.2) is 18.5 Å². The van der Waals surface area contributed by atoms with E-state index in [-0.39, 0.29) is 5.69 Å². The molecule has 0 aliphatic rings. The van der Waals surface area contributed by atoms with Crippen molar-refractivity contribution in [1.82, 2.24) is 0 Å². The van der Waals surface area contributed by atoms with E-state index in [2.05, 4.69) is 21.2 Å². The molecule has 0 radical (unpaired) electrons. The molecule has 2 aromatic rings. The topological polar surface area (TPSA) is 55.4 Å². The third-order valence-electron chi connectivity index (χ3n) is 3.00. The minimum absolute atomic E-state index is 0.0284. The molecule has 0 aliphatic heterocycles. The molecule has 23 heavy (non-hydrogen) atoms. The third-order valence-corrected chi connectivity index (χ3v) is 3.49. The number of carbonyl (C=O) groups is 2. The van der Waals surface area contributed by atoms with Gasteiger partial charge in [0.15, 0.2) is 6.61 Å². The van der Waals surface area contributed by atoms with Gasteiger partial charge in [0.25, 0.3) is 5.91 Å². The number of rotatable bonds is 4. The van der Waals surface area contributed by atoms with Crippen molar-refractivity contribution in [1.29, 1.82) is 0 Å². The first-order chi connectivity index (χ1) is 10.8. The van der Waals surface area contributed by atoms with Gasteiger partial charge < -0.3 is 10.1 Å². The zero-order valence-electron chi connectivity index (χ0n) is 12.7. The molecule has 2 aromatic carbocycles. The lowest BCUT2D eigenvalue weighted by atomic mass is 10.1. The van der Waals surface area contributed by atoms with Crippen LogP contribution in [0.2, 0.25) is 0 Å². The van der Waals surface area contributed by atoms with Crippen molar-refractivity contribution >= 4 is 33.5 Å². The van der Waals surface area contributed by atoms with Gasteiger partial charge in [0.2, 0.25) is 0 Å². The van der Waals surface area contributed by atoms with E-state index in [4.69, 9.17) is 4.74 Å². The Morgan fingerprint density at radius 3 is 2.39 bits per heavy atom. The van der Waals surface area contributed by atoms with Crippen LogP contribution >= 0.6 is 15.9 Å². The lowest BCUT2D eigenvalue weighted by Crippen LogP contribution is -2.21. The molecular weight excluding hydrogens is 365 g/mol. The van der Waals surface area contributed by atoms with Gasteiger partial charge in [-0.3, -0.25) is 4.79 Å². The predicted octanol–water partition coefficient (Wildman–Crippen LogP) is 4.00. The molecule has 1 amide bonds. The first kappa shape index (κ1) is 17.1. The van der Waals surface area contributed by atoms with Gasteiger partial charge in [-0.1, -0.05) is 33.1 Å². The fraction of sp³-hybridized carbons (Fsp3) is 0.176. The van der Waals surface area contributed by atoms with Crippen LogP contribution in [0.25, 0.3) is 0 Å². The normalized spacial score (nSPS) is 10.3. The Balaban J connectivity index is 1.94. The van der Waals surface area contributed by atoms with Gasteiger partial charge in [-0.05, 0) is 44.2 Å². The van der Waals surface area contributed by atoms with Gasteiger partial charge in [0.1, 0.15) is 5.82 Å². The van der Waals surface area contributed by atoms with Crippen LogP contribution in [-0.2, 0) is 9.53 Å². The van der Waals surface area contributed by atoms with Crippen LogP contribution < -0.4 is 5.32 Å². The number of anilines is 1. The number of aryl methyl sites for hydroxylation is 2. The predicted molar refractivity (Wildman–Crippen MR) is 88.9 cm³/mol. The van der Waals surface area contributed by atoms with Crippen LogP contribution in [0, 0.1) is 19.7 Å². The maximum Gasteiger partial charge on any atom is 0.338 e. The highest BCUT2D eigenvalue weighted by Crippen LogP contribution is 2.19. The average molecular weight is 380 g/mol. The van der Waals surface area contributed by atoms with Gasteiger partial charge in [0, 0.05) is 4.47 Å². The van der Waals surface area contributed by atoms with Crippen molar-refractivity contribution < 1.29 is 18.7 Å². The second-order valence-electron chi connectivity index (χ2n) is 5.12. The number of ether oxygens (including phenoxy) is 1. The molecule has 1 N–H and O–H groups in total. The summed E-state index contributed by atoms with van der Waals surface area (Å²) in [6.45, 7) is 3.25. The summed E-state index contributed by atoms with van der Waals surface area (Å²) in [7, 11) is 0. The van der Waals surface area contributed by atoms with Crippen molar-refractivity contribution in [3.8, 4) is 0 Å². The SMILES string of the molecule is Cc1cc(C)cc(C(=O)OCC(=O)Nc2ccc(Br)cc2F)c1. The monoisotopic (exact) mass is 379 g/mol. The zero-order valence-corrected chi connectivity index (χ0v) is 14.2. The number of halogens is 2. The Labute approximate surface area is 141 Å². The van der Waals surface area contributed by atoms with Crippen molar-refractivity contribution in [2.24, 2.45) is 0 Å². The molecule has 0 unspecified atom stereocenters. The Kier molecular flexibility index (Phi) is 5.50. The van der Waals surface area contributed by atoms with Gasteiger partial charge in [-0.15, -0.1) is 0 Å². The van der Waals surface area contributed by atoms with Crippen LogP contribution in [0.1, 0.15) is 21.5 Å². The van der Waals surface area contributed by atoms with Gasteiger partial charge >= 0.3 is 5.97 Å². The molecule has 2 rings (SSSR count). The van der Waals surface area contributed by atoms with E-state index in [9.17, 15) is 14.0 Å². The molecular formula is C17H15BrFNO3. The summed E-state index contributed by atoms with van der Waals surface area (Å²) in [5.41, 5.74) is 2.27. The van der Waals surface area contributed by atoms with Crippen molar-refractivity contribution in [3.05, 3.63) is 63.4 Å². The molecule has 0 bridgehead atoms. The zero-order chi connectivity index (χ0) is 17.0. The number of benzene rings is 2. The summed E-state index contributed by atoms with van der Waals surface area (Å²) in [6.07, 6.45) is 0. The van der Waals surface area contributed by atoms with Gasteiger partial charge in [-0.2, -0.15) is 0 Å². The highest BCUT2D eigenvalue weighted by molar-refractivity contribution is 9.10.